The highest BCUT2D eigenvalue weighted by Gasteiger charge is 2.17. The Morgan fingerprint density at radius 1 is 1.11 bits per heavy atom. The Morgan fingerprint density at radius 3 is 2.28 bits per heavy atom. The van der Waals surface area contributed by atoms with Gasteiger partial charge >= 0.3 is 0 Å². The summed E-state index contributed by atoms with van der Waals surface area (Å²) in [6.45, 7) is 3.94. The van der Waals surface area contributed by atoms with E-state index in [1.807, 2.05) is 26.0 Å². The summed E-state index contributed by atoms with van der Waals surface area (Å²) < 4.78 is 23.5. The van der Waals surface area contributed by atoms with Gasteiger partial charge in [-0.25, -0.2) is 8.42 Å². The zero-order chi connectivity index (χ0) is 13.6. The highest BCUT2D eigenvalue weighted by atomic mass is 32.2. The number of carbonyl (C=O) groups excluding carboxylic acids is 1. The minimum absolute atomic E-state index is 0.110. The van der Waals surface area contributed by atoms with Gasteiger partial charge in [-0.3, -0.25) is 4.79 Å². The first-order valence-corrected chi connectivity index (χ1v) is 8.07. The lowest BCUT2D eigenvalue weighted by Crippen LogP contribution is -2.19. The number of ketones is 1. The SMILES string of the molecule is CCCCCS(=O)(=O)CC(=O)c1ccc(C)cc1. The molecule has 0 aromatic heterocycles. The van der Waals surface area contributed by atoms with Crippen LogP contribution in [-0.4, -0.2) is 25.7 Å². The van der Waals surface area contributed by atoms with Gasteiger partial charge in [0.2, 0.25) is 0 Å². The molecule has 0 aliphatic carbocycles. The summed E-state index contributed by atoms with van der Waals surface area (Å²) >= 11 is 0. The maximum absolute atomic E-state index is 11.8. The van der Waals surface area contributed by atoms with Crippen LogP contribution in [0.25, 0.3) is 0 Å². The molecule has 0 N–H and O–H groups in total. The highest BCUT2D eigenvalue weighted by molar-refractivity contribution is 7.92. The summed E-state index contributed by atoms with van der Waals surface area (Å²) in [6, 6.07) is 6.99. The van der Waals surface area contributed by atoms with Crippen molar-refractivity contribution < 1.29 is 13.2 Å². The van der Waals surface area contributed by atoms with Crippen LogP contribution in [0.2, 0.25) is 0 Å². The standard InChI is InChI=1S/C14H20O3S/c1-3-4-5-10-18(16,17)11-14(15)13-8-6-12(2)7-9-13/h6-9H,3-5,10-11H2,1-2H3. The number of hydrogen-bond acceptors (Lipinski definition) is 3. The van der Waals surface area contributed by atoms with Crippen LogP contribution in [0.3, 0.4) is 0 Å². The van der Waals surface area contributed by atoms with Gasteiger partial charge in [-0.05, 0) is 13.3 Å². The van der Waals surface area contributed by atoms with Gasteiger partial charge in [0.05, 0.1) is 5.75 Å². The Bertz CT molecular complexity index is 486. The zero-order valence-electron chi connectivity index (χ0n) is 11.0. The summed E-state index contributed by atoms with van der Waals surface area (Å²) in [7, 11) is -3.26. The van der Waals surface area contributed by atoms with E-state index in [-0.39, 0.29) is 17.3 Å². The molecule has 0 saturated carbocycles. The molecule has 0 unspecified atom stereocenters. The van der Waals surface area contributed by atoms with Crippen molar-refractivity contribution in [2.75, 3.05) is 11.5 Å². The van der Waals surface area contributed by atoms with Gasteiger partial charge in [-0.15, -0.1) is 0 Å². The van der Waals surface area contributed by atoms with Crippen LogP contribution >= 0.6 is 0 Å². The minimum atomic E-state index is -3.26. The Morgan fingerprint density at radius 2 is 1.72 bits per heavy atom. The second-order valence-electron chi connectivity index (χ2n) is 4.59. The molecule has 100 valence electrons. The summed E-state index contributed by atoms with van der Waals surface area (Å²) in [4.78, 5) is 11.8. The van der Waals surface area contributed by atoms with Gasteiger partial charge < -0.3 is 0 Å². The molecule has 0 radical (unpaired) electrons. The summed E-state index contributed by atoms with van der Waals surface area (Å²) in [5.74, 6) is -0.579. The normalized spacial score (nSPS) is 11.4. The molecule has 4 heteroatoms. The maximum Gasteiger partial charge on any atom is 0.177 e. The fraction of sp³-hybridized carbons (Fsp3) is 0.500. The van der Waals surface area contributed by atoms with E-state index in [2.05, 4.69) is 0 Å². The molecule has 18 heavy (non-hydrogen) atoms. The zero-order valence-corrected chi connectivity index (χ0v) is 11.8. The average molecular weight is 268 g/mol. The first-order valence-electron chi connectivity index (χ1n) is 6.25. The van der Waals surface area contributed by atoms with E-state index in [9.17, 15) is 13.2 Å². The van der Waals surface area contributed by atoms with Crippen molar-refractivity contribution in [3.05, 3.63) is 35.4 Å². The van der Waals surface area contributed by atoms with Crippen molar-refractivity contribution in [2.24, 2.45) is 0 Å². The van der Waals surface area contributed by atoms with Crippen molar-refractivity contribution in [1.82, 2.24) is 0 Å². The van der Waals surface area contributed by atoms with E-state index >= 15 is 0 Å². The quantitative estimate of drug-likeness (QED) is 0.564. The number of hydrogen-bond donors (Lipinski definition) is 0. The maximum atomic E-state index is 11.8. The van der Waals surface area contributed by atoms with Crippen molar-refractivity contribution >= 4 is 15.6 Å². The third-order valence-electron chi connectivity index (χ3n) is 2.78. The van der Waals surface area contributed by atoms with E-state index in [0.717, 1.165) is 18.4 Å². The molecule has 1 rings (SSSR count). The number of sulfone groups is 1. The minimum Gasteiger partial charge on any atom is -0.293 e. The lowest BCUT2D eigenvalue weighted by molar-refractivity contribution is 0.102. The molecule has 1 aromatic carbocycles. The van der Waals surface area contributed by atoms with Crippen molar-refractivity contribution in [3.8, 4) is 0 Å². The van der Waals surface area contributed by atoms with Gasteiger partial charge in [-0.2, -0.15) is 0 Å². The lowest BCUT2D eigenvalue weighted by Gasteiger charge is -2.04. The molecular formula is C14H20O3S. The fourth-order valence-corrected chi connectivity index (χ4v) is 3.02. The van der Waals surface area contributed by atoms with Gasteiger partial charge in [0.1, 0.15) is 5.75 Å². The van der Waals surface area contributed by atoms with Crippen LogP contribution < -0.4 is 0 Å². The fourth-order valence-electron chi connectivity index (χ4n) is 1.67. The van der Waals surface area contributed by atoms with Crippen molar-refractivity contribution in [2.45, 2.75) is 33.1 Å². The smallest absolute Gasteiger partial charge is 0.177 e. The third kappa shape index (κ3) is 5.00. The van der Waals surface area contributed by atoms with Crippen LogP contribution in [-0.2, 0) is 9.84 Å². The van der Waals surface area contributed by atoms with E-state index in [0.29, 0.717) is 12.0 Å². The molecule has 0 aliphatic heterocycles. The number of Topliss-reactive ketones (excluding diaryl/α,β-unsaturated/α-hetero) is 1. The monoisotopic (exact) mass is 268 g/mol. The van der Waals surface area contributed by atoms with Gasteiger partial charge in [0, 0.05) is 5.56 Å². The van der Waals surface area contributed by atoms with Crippen LogP contribution in [0.4, 0.5) is 0 Å². The second-order valence-corrected chi connectivity index (χ2v) is 6.77. The van der Waals surface area contributed by atoms with Crippen LogP contribution in [0.15, 0.2) is 24.3 Å². The Labute approximate surface area is 109 Å². The first-order chi connectivity index (χ1) is 8.44. The predicted octanol–water partition coefficient (Wildman–Crippen LogP) is 2.78. The first kappa shape index (κ1) is 14.9. The Hall–Kier alpha value is -1.16. The van der Waals surface area contributed by atoms with Crippen molar-refractivity contribution in [3.63, 3.8) is 0 Å². The molecule has 0 bridgehead atoms. The van der Waals surface area contributed by atoms with Gasteiger partial charge in [0.15, 0.2) is 15.6 Å². The molecule has 0 heterocycles. The van der Waals surface area contributed by atoms with Crippen LogP contribution in [0.5, 0.6) is 0 Å². The third-order valence-corrected chi connectivity index (χ3v) is 4.40. The second kappa shape index (κ2) is 6.69. The van der Waals surface area contributed by atoms with E-state index in [4.69, 9.17) is 0 Å². The molecule has 0 amide bonds. The molecule has 0 aliphatic rings. The Kier molecular flexibility index (Phi) is 5.54. The molecule has 0 fully saturated rings. The van der Waals surface area contributed by atoms with E-state index in [1.54, 1.807) is 12.1 Å². The van der Waals surface area contributed by atoms with Crippen molar-refractivity contribution in [1.29, 1.82) is 0 Å². The number of unbranched alkanes of at least 4 members (excludes halogenated alkanes) is 2. The average Bonchev–Trinajstić information content (AvgIpc) is 2.29. The summed E-state index contributed by atoms with van der Waals surface area (Å²) in [5, 5.41) is 0. The Balaban J connectivity index is 2.61. The number of carbonyl (C=O) groups is 1. The molecule has 0 atom stereocenters. The van der Waals surface area contributed by atoms with E-state index < -0.39 is 9.84 Å². The lowest BCUT2D eigenvalue weighted by atomic mass is 10.1. The molecule has 0 spiro atoms. The largest absolute Gasteiger partial charge is 0.293 e. The highest BCUT2D eigenvalue weighted by Crippen LogP contribution is 2.07. The number of aryl methyl sites for hydroxylation is 1. The van der Waals surface area contributed by atoms with Crippen LogP contribution in [0, 0.1) is 6.92 Å². The molecule has 3 nitrogen and oxygen atoms in total. The molecule has 0 saturated heterocycles. The predicted molar refractivity (Wildman–Crippen MR) is 73.7 cm³/mol. The molecule has 1 aromatic rings. The van der Waals surface area contributed by atoms with Gasteiger partial charge in [-0.1, -0.05) is 49.6 Å². The molecular weight excluding hydrogens is 248 g/mol. The van der Waals surface area contributed by atoms with Gasteiger partial charge in [0.25, 0.3) is 0 Å². The summed E-state index contributed by atoms with van der Waals surface area (Å²) in [5.41, 5.74) is 1.53. The summed E-state index contributed by atoms with van der Waals surface area (Å²) in [6.07, 6.45) is 2.50. The topological polar surface area (TPSA) is 51.2 Å². The number of benzene rings is 1. The van der Waals surface area contributed by atoms with E-state index in [1.165, 1.54) is 0 Å². The van der Waals surface area contributed by atoms with Crippen LogP contribution in [0.1, 0.15) is 42.1 Å². The number of rotatable bonds is 7.